The molecule has 0 unspecified atom stereocenters. The summed E-state index contributed by atoms with van der Waals surface area (Å²) >= 11 is 0. The minimum Gasteiger partial charge on any atom is -0.290 e. The molecule has 20 heavy (non-hydrogen) atoms. The molecule has 3 rings (SSSR count). The van der Waals surface area contributed by atoms with Crippen molar-refractivity contribution in [2.24, 2.45) is 0 Å². The molecule has 0 radical (unpaired) electrons. The largest absolute Gasteiger partial charge is 0.417 e. The summed E-state index contributed by atoms with van der Waals surface area (Å²) < 4.78 is 41.9. The van der Waals surface area contributed by atoms with E-state index in [1.807, 2.05) is 0 Å². The Morgan fingerprint density at radius 3 is 2.60 bits per heavy atom. The maximum absolute atomic E-state index is 14.0. The SMILES string of the molecule is CN1O[C@H]2CCCC=C2[C@@]1(c1ccccc1)C(F)(F)F. The Hall–Kier alpha value is -1.33. The average molecular weight is 283 g/mol. The normalized spacial score (nSPS) is 31.0. The molecular formula is C15H16F3NO. The van der Waals surface area contributed by atoms with Crippen LogP contribution in [-0.2, 0) is 10.4 Å². The van der Waals surface area contributed by atoms with Crippen molar-refractivity contribution in [2.45, 2.75) is 37.1 Å². The van der Waals surface area contributed by atoms with Crippen LogP contribution in [0, 0.1) is 0 Å². The Kier molecular flexibility index (Phi) is 3.14. The van der Waals surface area contributed by atoms with Gasteiger partial charge in [-0.2, -0.15) is 18.2 Å². The summed E-state index contributed by atoms with van der Waals surface area (Å²) in [5.41, 5.74) is -1.60. The van der Waals surface area contributed by atoms with Gasteiger partial charge < -0.3 is 0 Å². The monoisotopic (exact) mass is 283 g/mol. The molecule has 1 aromatic rings. The van der Waals surface area contributed by atoms with Crippen molar-refractivity contribution < 1.29 is 18.0 Å². The van der Waals surface area contributed by atoms with Crippen LogP contribution in [0.15, 0.2) is 42.0 Å². The number of hydrogen-bond donors (Lipinski definition) is 0. The zero-order chi connectivity index (χ0) is 14.4. The van der Waals surface area contributed by atoms with Crippen molar-refractivity contribution in [1.29, 1.82) is 0 Å². The highest BCUT2D eigenvalue weighted by Gasteiger charge is 2.66. The smallest absolute Gasteiger partial charge is 0.290 e. The topological polar surface area (TPSA) is 12.5 Å². The lowest BCUT2D eigenvalue weighted by atomic mass is 9.77. The third-order valence-electron chi connectivity index (χ3n) is 4.16. The summed E-state index contributed by atoms with van der Waals surface area (Å²) in [4.78, 5) is 5.51. The van der Waals surface area contributed by atoms with E-state index in [9.17, 15) is 13.2 Å². The molecule has 108 valence electrons. The molecule has 2 atom stereocenters. The molecule has 0 amide bonds. The molecule has 1 fully saturated rings. The van der Waals surface area contributed by atoms with Gasteiger partial charge in [0.2, 0.25) is 0 Å². The number of hydroxylamine groups is 2. The van der Waals surface area contributed by atoms with Gasteiger partial charge in [0.15, 0.2) is 5.54 Å². The summed E-state index contributed by atoms with van der Waals surface area (Å²) in [7, 11) is 1.37. The molecule has 1 heterocycles. The summed E-state index contributed by atoms with van der Waals surface area (Å²) in [6.07, 6.45) is -1.01. The predicted molar refractivity (Wildman–Crippen MR) is 68.7 cm³/mol. The number of rotatable bonds is 1. The van der Waals surface area contributed by atoms with E-state index >= 15 is 0 Å². The Labute approximate surface area is 115 Å². The van der Waals surface area contributed by atoms with Crippen molar-refractivity contribution in [1.82, 2.24) is 5.06 Å². The second-order valence-electron chi connectivity index (χ2n) is 5.26. The van der Waals surface area contributed by atoms with Crippen LogP contribution >= 0.6 is 0 Å². The number of nitrogens with zero attached hydrogens (tertiary/aromatic N) is 1. The number of halogens is 3. The number of alkyl halides is 3. The molecule has 0 bridgehead atoms. The molecule has 2 aliphatic rings. The zero-order valence-electron chi connectivity index (χ0n) is 11.2. The Morgan fingerprint density at radius 2 is 1.95 bits per heavy atom. The van der Waals surface area contributed by atoms with Crippen molar-refractivity contribution in [3.05, 3.63) is 47.5 Å². The molecular weight excluding hydrogens is 267 g/mol. The van der Waals surface area contributed by atoms with E-state index < -0.39 is 17.8 Å². The summed E-state index contributed by atoms with van der Waals surface area (Å²) in [5.74, 6) is 0. The second kappa shape index (κ2) is 4.60. The highest BCUT2D eigenvalue weighted by atomic mass is 19.4. The van der Waals surface area contributed by atoms with Crippen molar-refractivity contribution in [2.75, 3.05) is 7.05 Å². The van der Waals surface area contributed by atoms with Crippen LogP contribution in [0.25, 0.3) is 0 Å². The van der Waals surface area contributed by atoms with Crippen LogP contribution in [0.4, 0.5) is 13.2 Å². The third kappa shape index (κ3) is 1.73. The van der Waals surface area contributed by atoms with Crippen LogP contribution in [-0.4, -0.2) is 24.4 Å². The van der Waals surface area contributed by atoms with E-state index in [2.05, 4.69) is 0 Å². The molecule has 0 aromatic heterocycles. The molecule has 1 saturated heterocycles. The lowest BCUT2D eigenvalue weighted by molar-refractivity contribution is -0.278. The molecule has 1 aliphatic carbocycles. The van der Waals surface area contributed by atoms with E-state index in [1.165, 1.54) is 19.2 Å². The van der Waals surface area contributed by atoms with Crippen LogP contribution in [0.3, 0.4) is 0 Å². The highest BCUT2D eigenvalue weighted by Crippen LogP contribution is 2.55. The molecule has 2 nitrogen and oxygen atoms in total. The Bertz CT molecular complexity index is 526. The fourth-order valence-corrected chi connectivity index (χ4v) is 3.32. The lowest BCUT2D eigenvalue weighted by Gasteiger charge is -2.37. The van der Waals surface area contributed by atoms with Crippen molar-refractivity contribution in [3.8, 4) is 0 Å². The van der Waals surface area contributed by atoms with Gasteiger partial charge in [0.1, 0.15) is 6.10 Å². The molecule has 0 saturated carbocycles. The highest BCUT2D eigenvalue weighted by molar-refractivity contribution is 5.42. The van der Waals surface area contributed by atoms with Gasteiger partial charge >= 0.3 is 6.18 Å². The van der Waals surface area contributed by atoms with E-state index in [0.717, 1.165) is 11.5 Å². The lowest BCUT2D eigenvalue weighted by Crippen LogP contribution is -2.51. The number of fused-ring (bicyclic) bond motifs is 1. The van der Waals surface area contributed by atoms with Crippen molar-refractivity contribution >= 4 is 0 Å². The molecule has 1 aromatic carbocycles. The molecule has 5 heteroatoms. The van der Waals surface area contributed by atoms with Gasteiger partial charge in [-0.05, 0) is 30.4 Å². The van der Waals surface area contributed by atoms with Crippen LogP contribution in [0.1, 0.15) is 24.8 Å². The summed E-state index contributed by atoms with van der Waals surface area (Å²) in [6.45, 7) is 0. The fraction of sp³-hybridized carbons (Fsp3) is 0.467. The van der Waals surface area contributed by atoms with Crippen molar-refractivity contribution in [3.63, 3.8) is 0 Å². The summed E-state index contributed by atoms with van der Waals surface area (Å²) in [6, 6.07) is 8.02. The van der Waals surface area contributed by atoms with E-state index in [1.54, 1.807) is 24.3 Å². The predicted octanol–water partition coefficient (Wildman–Crippen LogP) is 3.80. The van der Waals surface area contributed by atoms with Crippen LogP contribution in [0.5, 0.6) is 0 Å². The number of hydrogen-bond acceptors (Lipinski definition) is 2. The Morgan fingerprint density at radius 1 is 1.25 bits per heavy atom. The van der Waals surface area contributed by atoms with Crippen LogP contribution in [0.2, 0.25) is 0 Å². The van der Waals surface area contributed by atoms with Gasteiger partial charge in [0.05, 0.1) is 0 Å². The standard InChI is InChI=1S/C15H16F3NO/c1-19-14(15(16,17)18,11-7-3-2-4-8-11)12-9-5-6-10-13(12)20-19/h2-4,7-9,13H,5-6,10H2,1H3/t13-,14-/m0/s1. The van der Waals surface area contributed by atoms with Gasteiger partial charge in [-0.25, -0.2) is 0 Å². The number of allylic oxidation sites excluding steroid dienone is 1. The first-order valence-electron chi connectivity index (χ1n) is 6.71. The summed E-state index contributed by atoms with van der Waals surface area (Å²) in [5, 5.41) is 0.990. The average Bonchev–Trinajstić information content (AvgIpc) is 2.72. The molecule has 0 N–H and O–H groups in total. The second-order valence-corrected chi connectivity index (χ2v) is 5.26. The van der Waals surface area contributed by atoms with Gasteiger partial charge in [0, 0.05) is 7.05 Å². The fourth-order valence-electron chi connectivity index (χ4n) is 3.32. The van der Waals surface area contributed by atoms with Gasteiger partial charge in [-0.3, -0.25) is 4.84 Å². The zero-order valence-corrected chi connectivity index (χ0v) is 11.2. The van der Waals surface area contributed by atoms with Gasteiger partial charge in [0.25, 0.3) is 0 Å². The van der Waals surface area contributed by atoms with Gasteiger partial charge in [-0.1, -0.05) is 36.4 Å². The van der Waals surface area contributed by atoms with E-state index in [4.69, 9.17) is 4.84 Å². The van der Waals surface area contributed by atoms with E-state index in [0.29, 0.717) is 18.4 Å². The quantitative estimate of drug-likeness (QED) is 0.727. The minimum absolute atomic E-state index is 0.214. The maximum atomic E-state index is 14.0. The molecule has 0 spiro atoms. The first-order chi connectivity index (χ1) is 9.48. The van der Waals surface area contributed by atoms with E-state index in [-0.39, 0.29) is 5.56 Å². The van der Waals surface area contributed by atoms with Gasteiger partial charge in [-0.15, -0.1) is 0 Å². The maximum Gasteiger partial charge on any atom is 0.417 e. The Balaban J connectivity index is 2.23. The third-order valence-corrected chi connectivity index (χ3v) is 4.16. The number of benzene rings is 1. The number of likely N-dealkylation sites (N-methyl/N-ethyl adjacent to an activating group) is 1. The minimum atomic E-state index is -4.43. The first kappa shape index (κ1) is 13.6. The molecule has 1 aliphatic heterocycles. The van der Waals surface area contributed by atoms with Crippen LogP contribution < -0.4 is 0 Å². The first-order valence-corrected chi connectivity index (χ1v) is 6.71.